The second-order valence-corrected chi connectivity index (χ2v) is 4.03. The number of nitrogen functional groups attached to an aromatic ring is 1. The number of rotatable bonds is 4. The first kappa shape index (κ1) is 16.5. The zero-order valence-corrected chi connectivity index (χ0v) is 12.4. The minimum absolute atomic E-state index is 0.0660. The Morgan fingerprint density at radius 3 is 2.57 bits per heavy atom. The van der Waals surface area contributed by atoms with Crippen molar-refractivity contribution in [2.45, 2.75) is 20.8 Å². The molecule has 0 spiro atoms. The second-order valence-electron chi connectivity index (χ2n) is 4.03. The molecule has 0 aliphatic rings. The minimum Gasteiger partial charge on any atom is -0.452 e. The van der Waals surface area contributed by atoms with Crippen LogP contribution in [0.1, 0.15) is 25.1 Å². The number of aryl methyl sites for hydroxylation is 1. The van der Waals surface area contributed by atoms with Crippen LogP contribution in [0.25, 0.3) is 5.76 Å². The van der Waals surface area contributed by atoms with Gasteiger partial charge < -0.3 is 20.9 Å². The molecule has 2 rings (SSSR count). The number of ether oxygens (including phenoxy) is 1. The van der Waals surface area contributed by atoms with Crippen LogP contribution < -0.4 is 10.5 Å². The summed E-state index contributed by atoms with van der Waals surface area (Å²) in [5.74, 6) is -0.0995. The molecule has 0 bridgehead atoms. The maximum absolute atomic E-state index is 13.7. The van der Waals surface area contributed by atoms with E-state index in [2.05, 4.69) is 4.98 Å². The lowest BCUT2D eigenvalue weighted by Gasteiger charge is -2.10. The van der Waals surface area contributed by atoms with Gasteiger partial charge in [-0.3, -0.25) is 0 Å². The van der Waals surface area contributed by atoms with Gasteiger partial charge in [-0.05, 0) is 30.7 Å². The van der Waals surface area contributed by atoms with Gasteiger partial charge in [-0.2, -0.15) is 0 Å². The number of anilines is 1. The number of allylic oxidation sites excluding steroid dienone is 1. The number of aromatic amines is 1. The molecule has 0 saturated heterocycles. The molecular weight excluding hydrogens is 269 g/mol. The number of H-pyrrole nitrogens is 1. The van der Waals surface area contributed by atoms with Crippen LogP contribution in [0.3, 0.4) is 0 Å². The molecular formula is C16H20FN3O. The van der Waals surface area contributed by atoms with Gasteiger partial charge in [-0.25, -0.2) is 4.39 Å². The molecule has 0 saturated carbocycles. The average Bonchev–Trinajstić information content (AvgIpc) is 2.89. The average molecular weight is 289 g/mol. The molecule has 0 unspecified atom stereocenters. The first-order valence-corrected chi connectivity index (χ1v) is 6.70. The molecule has 1 aromatic carbocycles. The molecule has 0 amide bonds. The van der Waals surface area contributed by atoms with E-state index in [1.54, 1.807) is 12.3 Å². The third-order valence-corrected chi connectivity index (χ3v) is 2.61. The molecule has 0 fully saturated rings. The van der Waals surface area contributed by atoms with Crippen LogP contribution in [0.2, 0.25) is 0 Å². The Morgan fingerprint density at radius 1 is 1.33 bits per heavy atom. The van der Waals surface area contributed by atoms with E-state index in [1.165, 1.54) is 18.2 Å². The van der Waals surface area contributed by atoms with Crippen molar-refractivity contribution in [2.24, 2.45) is 0 Å². The monoisotopic (exact) mass is 289 g/mol. The molecule has 5 heteroatoms. The highest BCUT2D eigenvalue weighted by molar-refractivity contribution is 5.80. The van der Waals surface area contributed by atoms with Crippen LogP contribution >= 0.6 is 0 Å². The number of nitrogens with one attached hydrogen (secondary N) is 2. The maximum Gasteiger partial charge on any atom is 0.167 e. The summed E-state index contributed by atoms with van der Waals surface area (Å²) in [4.78, 5) is 3.00. The van der Waals surface area contributed by atoms with Crippen LogP contribution in [-0.4, -0.2) is 11.2 Å². The molecule has 112 valence electrons. The number of aromatic nitrogens is 1. The third kappa shape index (κ3) is 4.21. The number of nitrogens with two attached hydrogens (primary N) is 1. The number of hydrogen-bond acceptors (Lipinski definition) is 3. The Labute approximate surface area is 124 Å². The van der Waals surface area contributed by atoms with Crippen molar-refractivity contribution in [3.63, 3.8) is 0 Å². The van der Waals surface area contributed by atoms with Crippen LogP contribution in [0.15, 0.2) is 36.5 Å². The van der Waals surface area contributed by atoms with Crippen molar-refractivity contribution < 1.29 is 9.13 Å². The molecule has 0 radical (unpaired) electrons. The van der Waals surface area contributed by atoms with Gasteiger partial charge in [0.1, 0.15) is 0 Å². The Balaban J connectivity index is 0.00000106. The highest BCUT2D eigenvalue weighted by Crippen LogP contribution is 2.26. The molecule has 0 aliphatic heterocycles. The minimum atomic E-state index is -0.542. The van der Waals surface area contributed by atoms with Gasteiger partial charge in [0, 0.05) is 30.2 Å². The van der Waals surface area contributed by atoms with Crippen molar-refractivity contribution in [1.29, 1.82) is 5.41 Å². The van der Waals surface area contributed by atoms with Gasteiger partial charge in [0.25, 0.3) is 0 Å². The van der Waals surface area contributed by atoms with Crippen molar-refractivity contribution in [1.82, 2.24) is 4.98 Å². The van der Waals surface area contributed by atoms with E-state index in [9.17, 15) is 4.39 Å². The molecule has 0 aliphatic carbocycles. The lowest BCUT2D eigenvalue weighted by Crippen LogP contribution is -2.00. The van der Waals surface area contributed by atoms with Crippen LogP contribution in [-0.2, 0) is 0 Å². The number of halogens is 1. The number of hydrogen-bond donors (Lipinski definition) is 3. The summed E-state index contributed by atoms with van der Waals surface area (Å²) in [7, 11) is 0. The van der Waals surface area contributed by atoms with E-state index >= 15 is 0 Å². The standard InChI is InChI=1S/C14H14FN3O.C2H6/c1-9-5-7-18-14(9)13(4-6-16)19-12-3-2-10(17)8-11(12)15;1-2/h2-8,16,18H,17H2,1H3;1-2H3/b13-4+,16-6?;. The van der Waals surface area contributed by atoms with Crippen molar-refractivity contribution in [3.05, 3.63) is 53.6 Å². The van der Waals surface area contributed by atoms with Crippen molar-refractivity contribution in [3.8, 4) is 5.75 Å². The van der Waals surface area contributed by atoms with Crippen LogP contribution in [0, 0.1) is 18.2 Å². The second kappa shape index (κ2) is 7.89. The van der Waals surface area contributed by atoms with Gasteiger partial charge in [0.2, 0.25) is 0 Å². The van der Waals surface area contributed by atoms with Gasteiger partial charge in [-0.15, -0.1) is 0 Å². The van der Waals surface area contributed by atoms with Gasteiger partial charge in [0.05, 0.1) is 5.69 Å². The van der Waals surface area contributed by atoms with E-state index in [0.29, 0.717) is 17.1 Å². The largest absolute Gasteiger partial charge is 0.452 e. The van der Waals surface area contributed by atoms with Crippen molar-refractivity contribution in [2.75, 3.05) is 5.73 Å². The summed E-state index contributed by atoms with van der Waals surface area (Å²) in [5.41, 5.74) is 7.47. The lowest BCUT2D eigenvalue weighted by molar-refractivity contribution is 0.465. The molecule has 21 heavy (non-hydrogen) atoms. The third-order valence-electron chi connectivity index (χ3n) is 2.61. The summed E-state index contributed by atoms with van der Waals surface area (Å²) in [6, 6.07) is 6.08. The normalized spacial score (nSPS) is 10.6. The smallest absolute Gasteiger partial charge is 0.167 e. The summed E-state index contributed by atoms with van der Waals surface area (Å²) in [6.45, 7) is 5.90. The Kier molecular flexibility index (Phi) is 6.20. The van der Waals surface area contributed by atoms with E-state index in [-0.39, 0.29) is 5.75 Å². The number of benzene rings is 1. The predicted molar refractivity (Wildman–Crippen MR) is 85.1 cm³/mol. The molecule has 4 N–H and O–H groups in total. The van der Waals surface area contributed by atoms with Crippen LogP contribution in [0.4, 0.5) is 10.1 Å². The summed E-state index contributed by atoms with van der Waals surface area (Å²) in [6.07, 6.45) is 4.30. The first-order chi connectivity index (χ1) is 10.1. The first-order valence-electron chi connectivity index (χ1n) is 6.70. The highest BCUT2D eigenvalue weighted by atomic mass is 19.1. The van der Waals surface area contributed by atoms with Crippen LogP contribution in [0.5, 0.6) is 5.75 Å². The van der Waals surface area contributed by atoms with Gasteiger partial charge in [-0.1, -0.05) is 13.8 Å². The summed E-state index contributed by atoms with van der Waals surface area (Å²) >= 11 is 0. The van der Waals surface area contributed by atoms with Gasteiger partial charge >= 0.3 is 0 Å². The zero-order chi connectivity index (χ0) is 15.8. The van der Waals surface area contributed by atoms with E-state index in [0.717, 1.165) is 11.8 Å². The Morgan fingerprint density at radius 2 is 2.05 bits per heavy atom. The molecule has 2 aromatic rings. The molecule has 4 nitrogen and oxygen atoms in total. The Hall–Kier alpha value is -2.56. The van der Waals surface area contributed by atoms with E-state index < -0.39 is 5.82 Å². The SMILES string of the molecule is CC.Cc1cc[nH]c1/C(=C\C=N)Oc1ccc(N)cc1F. The van der Waals surface area contributed by atoms with E-state index in [1.807, 2.05) is 26.8 Å². The fraction of sp³-hybridized carbons (Fsp3) is 0.188. The highest BCUT2D eigenvalue weighted by Gasteiger charge is 2.11. The van der Waals surface area contributed by atoms with Gasteiger partial charge in [0.15, 0.2) is 17.3 Å². The Bertz CT molecular complexity index is 632. The topological polar surface area (TPSA) is 74.9 Å². The zero-order valence-electron chi connectivity index (χ0n) is 12.4. The summed E-state index contributed by atoms with van der Waals surface area (Å²) in [5, 5.41) is 7.15. The fourth-order valence-corrected chi connectivity index (χ4v) is 1.68. The van der Waals surface area contributed by atoms with Crippen molar-refractivity contribution >= 4 is 17.7 Å². The maximum atomic E-state index is 13.7. The summed E-state index contributed by atoms with van der Waals surface area (Å²) < 4.78 is 19.2. The fourth-order valence-electron chi connectivity index (χ4n) is 1.68. The lowest BCUT2D eigenvalue weighted by atomic mass is 10.2. The molecule has 1 heterocycles. The molecule has 1 aromatic heterocycles. The predicted octanol–water partition coefficient (Wildman–Crippen LogP) is 4.14. The van der Waals surface area contributed by atoms with E-state index in [4.69, 9.17) is 15.9 Å². The quantitative estimate of drug-likeness (QED) is 0.449. The molecule has 0 atom stereocenters.